The van der Waals surface area contributed by atoms with Crippen LogP contribution in [-0.4, -0.2) is 4.98 Å². The molecule has 0 fully saturated rings. The minimum Gasteiger partial charge on any atom is -0.248 e. The number of rotatable bonds is 2. The number of aromatic nitrogens is 1. The number of pyridine rings is 1. The Hall–Kier alpha value is -1.93. The number of hydrogen-bond acceptors (Lipinski definition) is 1. The summed E-state index contributed by atoms with van der Waals surface area (Å²) in [6, 6.07) is 18.6. The molecule has 3 rings (SSSR count). The number of benzene rings is 2. The van der Waals surface area contributed by atoms with Gasteiger partial charge in [0.05, 0.1) is 11.2 Å². The van der Waals surface area contributed by atoms with Gasteiger partial charge in [-0.15, -0.1) is 0 Å². The van der Waals surface area contributed by atoms with Crippen LogP contribution in [0, 0.1) is 6.92 Å². The van der Waals surface area contributed by atoms with Gasteiger partial charge in [0, 0.05) is 9.86 Å². The molecule has 0 N–H and O–H groups in total. The van der Waals surface area contributed by atoms with Crippen LogP contribution < -0.4 is 0 Å². The topological polar surface area (TPSA) is 12.9 Å². The van der Waals surface area contributed by atoms with Crippen molar-refractivity contribution >= 4 is 39.0 Å². The molecular weight excluding hydrogens is 310 g/mol. The molecule has 0 aliphatic rings. The van der Waals surface area contributed by atoms with Gasteiger partial charge in [-0.05, 0) is 42.8 Å². The average molecular weight is 324 g/mol. The summed E-state index contributed by atoms with van der Waals surface area (Å²) in [5.74, 6) is 0. The normalized spacial score (nSPS) is 11.3. The molecular formula is C18H14BrN. The predicted octanol–water partition coefficient (Wildman–Crippen LogP) is 5.48. The second-order valence-electron chi connectivity index (χ2n) is 4.79. The van der Waals surface area contributed by atoms with Gasteiger partial charge >= 0.3 is 0 Å². The molecule has 1 heterocycles. The summed E-state index contributed by atoms with van der Waals surface area (Å²) in [7, 11) is 0. The van der Waals surface area contributed by atoms with Crippen LogP contribution in [0.4, 0.5) is 0 Å². The van der Waals surface area contributed by atoms with E-state index in [1.165, 1.54) is 10.9 Å². The van der Waals surface area contributed by atoms with Gasteiger partial charge in [-0.25, -0.2) is 4.98 Å². The Morgan fingerprint density at radius 1 is 0.950 bits per heavy atom. The number of hydrogen-bond donors (Lipinski definition) is 0. The highest BCUT2D eigenvalue weighted by molar-refractivity contribution is 9.10. The Bertz CT molecular complexity index is 790. The van der Waals surface area contributed by atoms with Crippen LogP contribution in [0.5, 0.6) is 0 Å². The summed E-state index contributed by atoms with van der Waals surface area (Å²) in [5.41, 5.74) is 4.41. The van der Waals surface area contributed by atoms with E-state index in [-0.39, 0.29) is 0 Å². The van der Waals surface area contributed by atoms with Crippen LogP contribution in [0.3, 0.4) is 0 Å². The van der Waals surface area contributed by atoms with Gasteiger partial charge in [0.25, 0.3) is 0 Å². The first-order valence-electron chi connectivity index (χ1n) is 6.52. The SMILES string of the molecule is Cc1ccc2nc(C=Cc3ccccc3Br)ccc2c1. The molecule has 0 spiro atoms. The molecule has 0 atom stereocenters. The predicted molar refractivity (Wildman–Crippen MR) is 89.6 cm³/mol. The standard InChI is InChI=1S/C18H14BrN/c1-13-6-11-18-15(12-13)8-10-16(20-18)9-7-14-4-2-3-5-17(14)19/h2-12H,1H3. The van der Waals surface area contributed by atoms with Crippen molar-refractivity contribution in [3.05, 3.63) is 75.9 Å². The van der Waals surface area contributed by atoms with Gasteiger partial charge in [-0.1, -0.05) is 57.9 Å². The van der Waals surface area contributed by atoms with Crippen LogP contribution in [0.1, 0.15) is 16.8 Å². The highest BCUT2D eigenvalue weighted by Crippen LogP contribution is 2.19. The molecule has 0 saturated carbocycles. The van der Waals surface area contributed by atoms with Crippen molar-refractivity contribution < 1.29 is 0 Å². The van der Waals surface area contributed by atoms with Crippen molar-refractivity contribution in [2.24, 2.45) is 0 Å². The molecule has 1 nitrogen and oxygen atoms in total. The molecule has 3 aromatic rings. The number of halogens is 1. The summed E-state index contributed by atoms with van der Waals surface area (Å²) < 4.78 is 1.09. The van der Waals surface area contributed by atoms with Gasteiger partial charge in [-0.3, -0.25) is 0 Å². The van der Waals surface area contributed by atoms with Crippen LogP contribution in [-0.2, 0) is 0 Å². The lowest BCUT2D eigenvalue weighted by molar-refractivity contribution is 1.36. The van der Waals surface area contributed by atoms with Crippen molar-refractivity contribution in [3.8, 4) is 0 Å². The first kappa shape index (κ1) is 13.1. The first-order chi connectivity index (χ1) is 9.72. The average Bonchev–Trinajstić information content (AvgIpc) is 2.46. The van der Waals surface area contributed by atoms with Gasteiger partial charge in [0.1, 0.15) is 0 Å². The second kappa shape index (κ2) is 5.59. The maximum atomic E-state index is 4.66. The van der Waals surface area contributed by atoms with Gasteiger partial charge in [-0.2, -0.15) is 0 Å². The second-order valence-corrected chi connectivity index (χ2v) is 5.64. The zero-order chi connectivity index (χ0) is 13.9. The van der Waals surface area contributed by atoms with E-state index in [9.17, 15) is 0 Å². The molecule has 0 aliphatic heterocycles. The summed E-state index contributed by atoms with van der Waals surface area (Å²) in [4.78, 5) is 4.66. The van der Waals surface area contributed by atoms with Gasteiger partial charge in [0.2, 0.25) is 0 Å². The molecule has 98 valence electrons. The number of aryl methyl sites for hydroxylation is 1. The van der Waals surface area contributed by atoms with E-state index in [2.05, 4.69) is 70.3 Å². The molecule has 0 unspecified atom stereocenters. The van der Waals surface area contributed by atoms with Crippen molar-refractivity contribution in [1.82, 2.24) is 4.98 Å². The molecule has 2 heteroatoms. The lowest BCUT2D eigenvalue weighted by Gasteiger charge is -2.01. The van der Waals surface area contributed by atoms with Crippen LogP contribution in [0.25, 0.3) is 23.1 Å². The van der Waals surface area contributed by atoms with E-state index in [0.717, 1.165) is 21.2 Å². The quantitative estimate of drug-likeness (QED) is 0.608. The largest absolute Gasteiger partial charge is 0.248 e. The fourth-order valence-corrected chi connectivity index (χ4v) is 2.56. The van der Waals surface area contributed by atoms with Gasteiger partial charge < -0.3 is 0 Å². The first-order valence-corrected chi connectivity index (χ1v) is 7.32. The number of nitrogens with zero attached hydrogens (tertiary/aromatic N) is 1. The highest BCUT2D eigenvalue weighted by Gasteiger charge is 1.97. The fraction of sp³-hybridized carbons (Fsp3) is 0.0556. The molecule has 0 aliphatic carbocycles. The molecule has 0 bridgehead atoms. The Morgan fingerprint density at radius 2 is 1.80 bits per heavy atom. The van der Waals surface area contributed by atoms with Crippen molar-refractivity contribution in [3.63, 3.8) is 0 Å². The third-order valence-electron chi connectivity index (χ3n) is 3.21. The molecule has 0 radical (unpaired) electrons. The van der Waals surface area contributed by atoms with Crippen molar-refractivity contribution in [1.29, 1.82) is 0 Å². The summed E-state index contributed by atoms with van der Waals surface area (Å²) in [6.07, 6.45) is 4.12. The van der Waals surface area contributed by atoms with Crippen LogP contribution >= 0.6 is 15.9 Å². The van der Waals surface area contributed by atoms with Crippen LogP contribution in [0.15, 0.2) is 59.1 Å². The number of fused-ring (bicyclic) bond motifs is 1. The maximum Gasteiger partial charge on any atom is 0.0709 e. The van der Waals surface area contributed by atoms with E-state index in [4.69, 9.17) is 0 Å². The summed E-state index contributed by atoms with van der Waals surface area (Å²) in [5, 5.41) is 1.18. The molecule has 0 amide bonds. The Morgan fingerprint density at radius 3 is 2.65 bits per heavy atom. The molecule has 20 heavy (non-hydrogen) atoms. The fourth-order valence-electron chi connectivity index (χ4n) is 2.14. The van der Waals surface area contributed by atoms with Gasteiger partial charge in [0.15, 0.2) is 0 Å². The van der Waals surface area contributed by atoms with Crippen molar-refractivity contribution in [2.45, 2.75) is 6.92 Å². The molecule has 2 aromatic carbocycles. The Kier molecular flexibility index (Phi) is 3.66. The monoisotopic (exact) mass is 323 g/mol. The van der Waals surface area contributed by atoms with E-state index < -0.39 is 0 Å². The third-order valence-corrected chi connectivity index (χ3v) is 3.93. The minimum absolute atomic E-state index is 0.970. The Balaban J connectivity index is 1.95. The summed E-state index contributed by atoms with van der Waals surface area (Å²) >= 11 is 3.55. The van der Waals surface area contributed by atoms with E-state index >= 15 is 0 Å². The molecule has 1 aromatic heterocycles. The third kappa shape index (κ3) is 2.81. The van der Waals surface area contributed by atoms with Crippen LogP contribution in [0.2, 0.25) is 0 Å². The zero-order valence-corrected chi connectivity index (χ0v) is 12.8. The Labute approximate surface area is 127 Å². The van der Waals surface area contributed by atoms with E-state index in [1.54, 1.807) is 0 Å². The van der Waals surface area contributed by atoms with E-state index in [0.29, 0.717) is 0 Å². The zero-order valence-electron chi connectivity index (χ0n) is 11.2. The smallest absolute Gasteiger partial charge is 0.0709 e. The van der Waals surface area contributed by atoms with E-state index in [1.807, 2.05) is 24.3 Å². The molecule has 0 saturated heterocycles. The van der Waals surface area contributed by atoms with Crippen molar-refractivity contribution in [2.75, 3.05) is 0 Å². The highest BCUT2D eigenvalue weighted by atomic mass is 79.9. The minimum atomic E-state index is 0.970. The lowest BCUT2D eigenvalue weighted by Crippen LogP contribution is -1.84. The maximum absolute atomic E-state index is 4.66. The lowest BCUT2D eigenvalue weighted by atomic mass is 10.1. The summed E-state index contributed by atoms with van der Waals surface area (Å²) in [6.45, 7) is 2.10.